The summed E-state index contributed by atoms with van der Waals surface area (Å²) in [6, 6.07) is 0. The van der Waals surface area contributed by atoms with Crippen LogP contribution in [-0.2, 0) is 0 Å². The lowest BCUT2D eigenvalue weighted by molar-refractivity contribution is 0.879. The van der Waals surface area contributed by atoms with Gasteiger partial charge < -0.3 is 11.5 Å². The summed E-state index contributed by atoms with van der Waals surface area (Å²) in [5.41, 5.74) is 22.2. The summed E-state index contributed by atoms with van der Waals surface area (Å²) in [5.74, 6) is 0. The molecule has 0 spiro atoms. The Balaban J connectivity index is 1.70. The van der Waals surface area contributed by atoms with Crippen LogP contribution < -0.4 is 11.5 Å². The van der Waals surface area contributed by atoms with Gasteiger partial charge in [0.05, 0.1) is 0 Å². The van der Waals surface area contributed by atoms with E-state index in [2.05, 4.69) is 24.3 Å². The predicted molar refractivity (Wildman–Crippen MR) is 73.2 cm³/mol. The molecule has 4 N–H and O–H groups in total. The van der Waals surface area contributed by atoms with E-state index in [1.54, 1.807) is 0 Å². The van der Waals surface area contributed by atoms with Gasteiger partial charge in [0.1, 0.15) is 0 Å². The van der Waals surface area contributed by atoms with Crippen LogP contribution in [0.2, 0.25) is 0 Å². The minimum atomic E-state index is 0.956. The zero-order valence-corrected chi connectivity index (χ0v) is 10.3. The van der Waals surface area contributed by atoms with Gasteiger partial charge in [-0.1, -0.05) is 12.2 Å². The Hall–Kier alpha value is -1.96. The number of rotatable bonds is 1. The molecule has 4 aliphatic carbocycles. The molecule has 0 heterocycles. The normalized spacial score (nSPS) is 25.1. The van der Waals surface area contributed by atoms with Crippen LogP contribution in [0.5, 0.6) is 0 Å². The van der Waals surface area contributed by atoms with Crippen LogP contribution in [0.4, 0.5) is 0 Å². The smallest absolute Gasteiger partial charge is 0.0350 e. The molecule has 4 rings (SSSR count). The molecular weight excluding hydrogens is 220 g/mol. The van der Waals surface area contributed by atoms with Gasteiger partial charge in [-0.3, -0.25) is 0 Å². The molecule has 0 saturated carbocycles. The monoisotopic (exact) mass is 236 g/mol. The Kier molecular flexibility index (Phi) is 1.83. The molecule has 0 aliphatic heterocycles. The SMILES string of the molecule is NC1=CCCC2=C(C3=C4CCC=C(N)C4=C3)C=C12. The van der Waals surface area contributed by atoms with Crippen molar-refractivity contribution >= 4 is 0 Å². The second-order valence-electron chi connectivity index (χ2n) is 5.30. The van der Waals surface area contributed by atoms with E-state index >= 15 is 0 Å². The Morgan fingerprint density at radius 3 is 1.61 bits per heavy atom. The van der Waals surface area contributed by atoms with E-state index in [-0.39, 0.29) is 0 Å². The van der Waals surface area contributed by atoms with E-state index in [9.17, 15) is 0 Å². The van der Waals surface area contributed by atoms with Gasteiger partial charge in [-0.2, -0.15) is 0 Å². The summed E-state index contributed by atoms with van der Waals surface area (Å²) in [7, 11) is 0. The van der Waals surface area contributed by atoms with Crippen LogP contribution in [-0.4, -0.2) is 0 Å². The zero-order valence-electron chi connectivity index (χ0n) is 10.3. The molecule has 0 aromatic carbocycles. The third-order valence-electron chi connectivity index (χ3n) is 4.31. The average molecular weight is 236 g/mol. The maximum absolute atomic E-state index is 5.99. The number of fused-ring (bicyclic) bond motifs is 2. The van der Waals surface area contributed by atoms with E-state index < -0.39 is 0 Å². The topological polar surface area (TPSA) is 52.0 Å². The van der Waals surface area contributed by atoms with Crippen molar-refractivity contribution in [2.45, 2.75) is 25.7 Å². The van der Waals surface area contributed by atoms with Crippen LogP contribution in [0.25, 0.3) is 0 Å². The van der Waals surface area contributed by atoms with Crippen molar-refractivity contribution in [3.05, 3.63) is 69.1 Å². The van der Waals surface area contributed by atoms with Crippen LogP contribution in [0, 0.1) is 0 Å². The van der Waals surface area contributed by atoms with E-state index in [1.807, 2.05) is 0 Å². The van der Waals surface area contributed by atoms with Gasteiger partial charge in [0.2, 0.25) is 0 Å². The Morgan fingerprint density at radius 1 is 0.722 bits per heavy atom. The Labute approximate surface area is 107 Å². The van der Waals surface area contributed by atoms with Crippen LogP contribution in [0.3, 0.4) is 0 Å². The molecule has 0 bridgehead atoms. The first-order valence-electron chi connectivity index (χ1n) is 6.58. The van der Waals surface area contributed by atoms with Gasteiger partial charge in [-0.25, -0.2) is 0 Å². The predicted octanol–water partition coefficient (Wildman–Crippen LogP) is 2.73. The highest BCUT2D eigenvalue weighted by Gasteiger charge is 2.32. The van der Waals surface area contributed by atoms with Gasteiger partial charge in [-0.05, 0) is 60.1 Å². The maximum Gasteiger partial charge on any atom is 0.0350 e. The molecule has 0 radical (unpaired) electrons. The molecule has 0 aromatic heterocycles. The molecule has 0 atom stereocenters. The number of allylic oxidation sites excluding steroid dienone is 8. The molecule has 90 valence electrons. The van der Waals surface area contributed by atoms with Crippen LogP contribution in [0.1, 0.15) is 25.7 Å². The minimum absolute atomic E-state index is 0.956. The summed E-state index contributed by atoms with van der Waals surface area (Å²) in [4.78, 5) is 0. The van der Waals surface area contributed by atoms with Crippen molar-refractivity contribution in [2.24, 2.45) is 11.5 Å². The highest BCUT2D eigenvalue weighted by atomic mass is 14.6. The van der Waals surface area contributed by atoms with Gasteiger partial charge in [-0.15, -0.1) is 0 Å². The van der Waals surface area contributed by atoms with E-state index in [4.69, 9.17) is 11.5 Å². The van der Waals surface area contributed by atoms with Crippen molar-refractivity contribution in [1.29, 1.82) is 0 Å². The molecule has 0 aromatic rings. The molecule has 2 heteroatoms. The van der Waals surface area contributed by atoms with Gasteiger partial charge in [0.25, 0.3) is 0 Å². The number of nitrogens with two attached hydrogens (primary N) is 2. The summed E-state index contributed by atoms with van der Waals surface area (Å²) in [6.45, 7) is 0. The van der Waals surface area contributed by atoms with Crippen molar-refractivity contribution < 1.29 is 0 Å². The first kappa shape index (κ1) is 10.0. The van der Waals surface area contributed by atoms with Crippen molar-refractivity contribution in [3.63, 3.8) is 0 Å². The second-order valence-corrected chi connectivity index (χ2v) is 5.30. The highest BCUT2D eigenvalue weighted by molar-refractivity contribution is 5.77. The molecule has 0 fully saturated rings. The molecule has 0 saturated heterocycles. The third kappa shape index (κ3) is 1.13. The number of hydrogen-bond acceptors (Lipinski definition) is 2. The first-order chi connectivity index (χ1) is 8.75. The van der Waals surface area contributed by atoms with E-state index in [0.717, 1.165) is 37.1 Å². The van der Waals surface area contributed by atoms with Gasteiger partial charge in [0, 0.05) is 22.5 Å². The number of hydrogen-bond donors (Lipinski definition) is 2. The lowest BCUT2D eigenvalue weighted by Gasteiger charge is -2.35. The standard InChI is InChI=1S/C16H16N2/c17-15-5-1-3-9-11(7-13(9)15)12-8-14-10(12)4-2-6-16(14)18/h5-8H,1-4,17-18H2. The lowest BCUT2D eigenvalue weighted by atomic mass is 9.70. The summed E-state index contributed by atoms with van der Waals surface area (Å²) in [6.07, 6.45) is 13.2. The van der Waals surface area contributed by atoms with E-state index in [1.165, 1.54) is 33.4 Å². The molecule has 0 amide bonds. The van der Waals surface area contributed by atoms with Crippen molar-refractivity contribution in [1.82, 2.24) is 0 Å². The zero-order chi connectivity index (χ0) is 12.3. The molecule has 18 heavy (non-hydrogen) atoms. The third-order valence-corrected chi connectivity index (χ3v) is 4.31. The lowest BCUT2D eigenvalue weighted by Crippen LogP contribution is -2.21. The fraction of sp³-hybridized carbons (Fsp3) is 0.250. The Bertz CT molecular complexity index is 591. The van der Waals surface area contributed by atoms with Gasteiger partial charge in [0.15, 0.2) is 0 Å². The van der Waals surface area contributed by atoms with Crippen LogP contribution >= 0.6 is 0 Å². The molecule has 4 aliphatic rings. The minimum Gasteiger partial charge on any atom is -0.398 e. The molecule has 2 nitrogen and oxygen atoms in total. The molecule has 0 unspecified atom stereocenters. The fourth-order valence-electron chi connectivity index (χ4n) is 3.27. The quantitative estimate of drug-likeness (QED) is 0.735. The Morgan fingerprint density at radius 2 is 1.17 bits per heavy atom. The summed E-state index contributed by atoms with van der Waals surface area (Å²) in [5, 5.41) is 0. The molecular formula is C16H16N2. The second kappa shape index (κ2) is 3.29. The van der Waals surface area contributed by atoms with E-state index in [0.29, 0.717) is 0 Å². The van der Waals surface area contributed by atoms with Gasteiger partial charge >= 0.3 is 0 Å². The van der Waals surface area contributed by atoms with Crippen LogP contribution in [0.15, 0.2) is 69.1 Å². The van der Waals surface area contributed by atoms with Crippen molar-refractivity contribution in [3.8, 4) is 0 Å². The highest BCUT2D eigenvalue weighted by Crippen LogP contribution is 2.48. The summed E-state index contributed by atoms with van der Waals surface area (Å²) < 4.78 is 0. The first-order valence-corrected chi connectivity index (χ1v) is 6.58. The summed E-state index contributed by atoms with van der Waals surface area (Å²) >= 11 is 0. The van der Waals surface area contributed by atoms with Crippen molar-refractivity contribution in [2.75, 3.05) is 0 Å². The largest absolute Gasteiger partial charge is 0.398 e. The maximum atomic E-state index is 5.99. The average Bonchev–Trinajstić information content (AvgIpc) is 2.30. The fourth-order valence-corrected chi connectivity index (χ4v) is 3.27.